The Morgan fingerprint density at radius 2 is 1.91 bits per heavy atom. The summed E-state index contributed by atoms with van der Waals surface area (Å²) in [5.41, 5.74) is 2.25. The third kappa shape index (κ3) is 6.77. The lowest BCUT2D eigenvalue weighted by atomic mass is 10.1. The monoisotopic (exact) mass is 336 g/mol. The van der Waals surface area contributed by atoms with Crippen molar-refractivity contribution >= 4 is 11.8 Å². The van der Waals surface area contributed by atoms with Crippen LogP contribution in [0.15, 0.2) is 11.2 Å². The van der Waals surface area contributed by atoms with Crippen LogP contribution in [0.25, 0.3) is 0 Å². The number of aryl methyl sites for hydroxylation is 1. The van der Waals surface area contributed by atoms with Crippen molar-refractivity contribution in [3.05, 3.63) is 17.5 Å². The van der Waals surface area contributed by atoms with E-state index in [9.17, 15) is 0 Å². The number of nitrogens with one attached hydrogen (secondary N) is 1. The predicted octanol–water partition coefficient (Wildman–Crippen LogP) is 3.64. The molecular formula is C18H32N4S. The lowest BCUT2D eigenvalue weighted by Crippen LogP contribution is -2.53. The number of unbranched alkanes of at least 4 members (excludes halogenated alkanes) is 3. The van der Waals surface area contributed by atoms with E-state index in [0.29, 0.717) is 12.1 Å². The van der Waals surface area contributed by atoms with Crippen molar-refractivity contribution in [1.29, 1.82) is 0 Å². The van der Waals surface area contributed by atoms with Gasteiger partial charge in [-0.05, 0) is 33.3 Å². The van der Waals surface area contributed by atoms with Crippen LogP contribution in [0, 0.1) is 6.92 Å². The number of hydrogen-bond acceptors (Lipinski definition) is 5. The van der Waals surface area contributed by atoms with E-state index in [1.807, 2.05) is 11.8 Å². The molecule has 130 valence electrons. The fourth-order valence-electron chi connectivity index (χ4n) is 3.24. The van der Waals surface area contributed by atoms with Gasteiger partial charge in [-0.15, -0.1) is 0 Å². The molecule has 0 bridgehead atoms. The van der Waals surface area contributed by atoms with Gasteiger partial charge < -0.3 is 5.32 Å². The fraction of sp³-hybridized carbons (Fsp3) is 0.778. The Kier molecular flexibility index (Phi) is 7.80. The van der Waals surface area contributed by atoms with Crippen LogP contribution in [0.4, 0.5) is 0 Å². The topological polar surface area (TPSA) is 41.1 Å². The number of hydrogen-bond donors (Lipinski definition) is 1. The lowest BCUT2D eigenvalue weighted by molar-refractivity contribution is 0.164. The summed E-state index contributed by atoms with van der Waals surface area (Å²) in [6, 6.07) is 3.24. The van der Waals surface area contributed by atoms with Crippen LogP contribution in [-0.2, 0) is 6.54 Å². The lowest BCUT2D eigenvalue weighted by Gasteiger charge is -2.35. The molecule has 0 spiro atoms. The zero-order chi connectivity index (χ0) is 16.7. The second-order valence-corrected chi connectivity index (χ2v) is 7.92. The Balaban J connectivity index is 1.89. The Bertz CT molecular complexity index is 470. The largest absolute Gasteiger partial charge is 0.309 e. The first-order valence-corrected chi connectivity index (χ1v) is 10.0. The minimum Gasteiger partial charge on any atom is -0.309 e. The van der Waals surface area contributed by atoms with Crippen LogP contribution in [0.3, 0.4) is 0 Å². The van der Waals surface area contributed by atoms with E-state index in [1.54, 1.807) is 0 Å². The highest BCUT2D eigenvalue weighted by atomic mass is 32.2. The van der Waals surface area contributed by atoms with Gasteiger partial charge >= 0.3 is 0 Å². The van der Waals surface area contributed by atoms with Crippen LogP contribution in [0.1, 0.15) is 57.8 Å². The zero-order valence-electron chi connectivity index (χ0n) is 15.1. The first kappa shape index (κ1) is 18.7. The molecule has 1 N–H and O–H groups in total. The molecule has 2 atom stereocenters. The molecule has 1 aliphatic heterocycles. The van der Waals surface area contributed by atoms with Gasteiger partial charge in [0.15, 0.2) is 5.16 Å². The molecule has 0 radical (unpaired) electrons. The highest BCUT2D eigenvalue weighted by Crippen LogP contribution is 2.18. The standard InChI is InChI=1S/C18H32N4S/c1-5-6-7-8-9-23-18-20-14(2)10-17(21-18)13-22-11-15(3)19-16(4)12-22/h10,15-16,19H,5-9,11-13H2,1-4H3. The summed E-state index contributed by atoms with van der Waals surface area (Å²) in [5, 5.41) is 4.54. The number of rotatable bonds is 8. The third-order valence-corrected chi connectivity index (χ3v) is 5.07. The maximum Gasteiger partial charge on any atom is 0.188 e. The van der Waals surface area contributed by atoms with Crippen molar-refractivity contribution in [1.82, 2.24) is 20.2 Å². The Hall–Kier alpha value is -0.650. The van der Waals surface area contributed by atoms with Gasteiger partial charge in [0.2, 0.25) is 0 Å². The average molecular weight is 337 g/mol. The minimum atomic E-state index is 0.550. The highest BCUT2D eigenvalue weighted by molar-refractivity contribution is 7.99. The SMILES string of the molecule is CCCCCCSc1nc(C)cc(CN2CC(C)NC(C)C2)n1. The Morgan fingerprint density at radius 1 is 1.17 bits per heavy atom. The van der Waals surface area contributed by atoms with Crippen LogP contribution in [0.5, 0.6) is 0 Å². The molecular weight excluding hydrogens is 304 g/mol. The van der Waals surface area contributed by atoms with Gasteiger partial charge in [-0.2, -0.15) is 0 Å². The summed E-state index contributed by atoms with van der Waals surface area (Å²) in [6.07, 6.45) is 5.20. The number of nitrogens with zero attached hydrogens (tertiary/aromatic N) is 3. The average Bonchev–Trinajstić information content (AvgIpc) is 2.45. The molecule has 2 heterocycles. The van der Waals surface area contributed by atoms with Crippen molar-refractivity contribution in [3.8, 4) is 0 Å². The van der Waals surface area contributed by atoms with Gasteiger partial charge in [0, 0.05) is 43.2 Å². The van der Waals surface area contributed by atoms with E-state index in [4.69, 9.17) is 4.98 Å². The van der Waals surface area contributed by atoms with Gasteiger partial charge in [-0.25, -0.2) is 9.97 Å². The molecule has 2 rings (SSSR count). The van der Waals surface area contributed by atoms with Gasteiger partial charge in [0.25, 0.3) is 0 Å². The molecule has 5 heteroatoms. The van der Waals surface area contributed by atoms with Gasteiger partial charge in [-0.3, -0.25) is 4.90 Å². The van der Waals surface area contributed by atoms with Crippen LogP contribution in [0.2, 0.25) is 0 Å². The molecule has 0 saturated carbocycles. The highest BCUT2D eigenvalue weighted by Gasteiger charge is 2.21. The van der Waals surface area contributed by atoms with Crippen LogP contribution >= 0.6 is 11.8 Å². The van der Waals surface area contributed by atoms with Gasteiger partial charge in [0.1, 0.15) is 0 Å². The van der Waals surface area contributed by atoms with Crippen LogP contribution in [-0.4, -0.2) is 45.8 Å². The van der Waals surface area contributed by atoms with E-state index in [2.05, 4.69) is 49.0 Å². The summed E-state index contributed by atoms with van der Waals surface area (Å²) < 4.78 is 0. The smallest absolute Gasteiger partial charge is 0.188 e. The zero-order valence-corrected chi connectivity index (χ0v) is 16.0. The van der Waals surface area contributed by atoms with Crippen molar-refractivity contribution < 1.29 is 0 Å². The summed E-state index contributed by atoms with van der Waals surface area (Å²) in [6.45, 7) is 12.0. The molecule has 0 aliphatic carbocycles. The molecule has 2 unspecified atom stereocenters. The Labute approximate surface area is 145 Å². The summed E-state index contributed by atoms with van der Waals surface area (Å²) in [4.78, 5) is 11.9. The quantitative estimate of drug-likeness (QED) is 0.446. The molecule has 1 fully saturated rings. The van der Waals surface area contributed by atoms with E-state index >= 15 is 0 Å². The normalized spacial score (nSPS) is 22.4. The third-order valence-electron chi connectivity index (χ3n) is 4.13. The van der Waals surface area contributed by atoms with E-state index < -0.39 is 0 Å². The number of thioether (sulfide) groups is 1. The molecule has 23 heavy (non-hydrogen) atoms. The van der Waals surface area contributed by atoms with E-state index in [-0.39, 0.29) is 0 Å². The predicted molar refractivity (Wildman–Crippen MR) is 99.0 cm³/mol. The Morgan fingerprint density at radius 3 is 2.61 bits per heavy atom. The molecule has 1 aromatic rings. The summed E-state index contributed by atoms with van der Waals surface area (Å²) in [5.74, 6) is 1.13. The van der Waals surface area contributed by atoms with Gasteiger partial charge in [0.05, 0.1) is 5.69 Å². The maximum absolute atomic E-state index is 4.79. The van der Waals surface area contributed by atoms with Crippen molar-refractivity contribution in [2.75, 3.05) is 18.8 Å². The van der Waals surface area contributed by atoms with Gasteiger partial charge in [-0.1, -0.05) is 37.9 Å². The van der Waals surface area contributed by atoms with Crippen molar-refractivity contribution in [3.63, 3.8) is 0 Å². The maximum atomic E-state index is 4.79. The first-order chi connectivity index (χ1) is 11.1. The van der Waals surface area contributed by atoms with Crippen molar-refractivity contribution in [2.45, 2.75) is 77.2 Å². The van der Waals surface area contributed by atoms with Crippen LogP contribution < -0.4 is 5.32 Å². The van der Waals surface area contributed by atoms with E-state index in [0.717, 1.165) is 41.9 Å². The van der Waals surface area contributed by atoms with E-state index in [1.165, 1.54) is 25.7 Å². The molecule has 4 nitrogen and oxygen atoms in total. The second kappa shape index (κ2) is 9.60. The molecule has 0 amide bonds. The fourth-order valence-corrected chi connectivity index (χ4v) is 4.16. The molecule has 1 saturated heterocycles. The first-order valence-electron chi connectivity index (χ1n) is 9.02. The number of piperazine rings is 1. The molecule has 1 aliphatic rings. The van der Waals surface area contributed by atoms with Crippen molar-refractivity contribution in [2.24, 2.45) is 0 Å². The second-order valence-electron chi connectivity index (χ2n) is 6.86. The summed E-state index contributed by atoms with van der Waals surface area (Å²) >= 11 is 1.81. The molecule has 1 aromatic heterocycles. The number of aromatic nitrogens is 2. The summed E-state index contributed by atoms with van der Waals surface area (Å²) in [7, 11) is 0. The minimum absolute atomic E-state index is 0.550. The molecule has 0 aromatic carbocycles.